The standard InChI is InChI=1S/C22H50N4O2Si2/c1-6-27-30(5,28-7-2)21-11-9-8-10-20-29-22(25-16-12-23(3)13-17-25)26-18-14-24(4)15-19-26/h22H,6-21,29H2,1-5H3. The predicted octanol–water partition coefficient (Wildman–Crippen LogP) is 2.06. The Labute approximate surface area is 190 Å². The Morgan fingerprint density at radius 2 is 1.20 bits per heavy atom. The van der Waals surface area contributed by atoms with E-state index in [-0.39, 0.29) is 9.52 Å². The molecule has 6 nitrogen and oxygen atoms in total. The normalized spacial score (nSPS) is 21.4. The molecule has 0 unspecified atom stereocenters. The molecule has 0 amide bonds. The highest BCUT2D eigenvalue weighted by Crippen LogP contribution is 2.19. The molecule has 0 spiro atoms. The fourth-order valence-corrected chi connectivity index (χ4v) is 9.89. The number of hydrogen-bond acceptors (Lipinski definition) is 6. The van der Waals surface area contributed by atoms with Gasteiger partial charge in [-0.15, -0.1) is 0 Å². The van der Waals surface area contributed by atoms with Crippen molar-refractivity contribution in [2.75, 3.05) is 79.7 Å². The van der Waals surface area contributed by atoms with Gasteiger partial charge in [0.25, 0.3) is 0 Å². The maximum Gasteiger partial charge on any atom is 0.334 e. The second-order valence-corrected chi connectivity index (χ2v) is 14.8. The van der Waals surface area contributed by atoms with Crippen LogP contribution in [0, 0.1) is 0 Å². The van der Waals surface area contributed by atoms with Gasteiger partial charge >= 0.3 is 8.56 Å². The van der Waals surface area contributed by atoms with Crippen molar-refractivity contribution in [1.29, 1.82) is 0 Å². The summed E-state index contributed by atoms with van der Waals surface area (Å²) in [6, 6.07) is 2.65. The van der Waals surface area contributed by atoms with Gasteiger partial charge in [0, 0.05) is 71.4 Å². The van der Waals surface area contributed by atoms with Crippen molar-refractivity contribution in [2.24, 2.45) is 0 Å². The molecular weight excluding hydrogens is 408 g/mol. The average molecular weight is 459 g/mol. The Kier molecular flexibility index (Phi) is 12.7. The zero-order chi connectivity index (χ0) is 21.8. The fraction of sp³-hybridized carbons (Fsp3) is 1.00. The fourth-order valence-electron chi connectivity index (χ4n) is 4.94. The molecule has 0 aromatic rings. The highest BCUT2D eigenvalue weighted by molar-refractivity contribution is 6.66. The second-order valence-electron chi connectivity index (χ2n) is 9.47. The number of unbranched alkanes of at least 4 members (excludes halogenated alkanes) is 3. The minimum absolute atomic E-state index is 0.102. The van der Waals surface area contributed by atoms with Crippen LogP contribution in [0.1, 0.15) is 39.5 Å². The summed E-state index contributed by atoms with van der Waals surface area (Å²) in [4.78, 5) is 10.6. The first-order valence-corrected chi connectivity index (χ1v) is 16.9. The molecule has 2 fully saturated rings. The predicted molar refractivity (Wildman–Crippen MR) is 133 cm³/mol. The molecule has 0 saturated carbocycles. The Morgan fingerprint density at radius 3 is 1.67 bits per heavy atom. The lowest BCUT2D eigenvalue weighted by atomic mass is 10.2. The van der Waals surface area contributed by atoms with Gasteiger partial charge in [-0.3, -0.25) is 9.80 Å². The van der Waals surface area contributed by atoms with E-state index in [4.69, 9.17) is 8.85 Å². The smallest absolute Gasteiger partial charge is 0.334 e. The van der Waals surface area contributed by atoms with E-state index in [0.29, 0.717) is 0 Å². The SMILES string of the molecule is CCO[Si](C)(CCCCCC[SiH2]C(N1CCN(C)CC1)N1CCN(C)CC1)OCC. The van der Waals surface area contributed by atoms with Crippen molar-refractivity contribution in [3.8, 4) is 0 Å². The number of nitrogens with zero attached hydrogens (tertiary/aromatic N) is 4. The minimum atomic E-state index is -1.90. The van der Waals surface area contributed by atoms with Gasteiger partial charge in [-0.2, -0.15) is 0 Å². The van der Waals surface area contributed by atoms with Crippen LogP contribution in [0.4, 0.5) is 0 Å². The zero-order valence-electron chi connectivity index (χ0n) is 20.7. The van der Waals surface area contributed by atoms with Crippen LogP contribution in [0.25, 0.3) is 0 Å². The van der Waals surface area contributed by atoms with Crippen LogP contribution in [0.2, 0.25) is 18.6 Å². The lowest BCUT2D eigenvalue weighted by molar-refractivity contribution is 0.0311. The first-order valence-electron chi connectivity index (χ1n) is 12.6. The molecule has 0 bridgehead atoms. The minimum Gasteiger partial charge on any atom is -0.395 e. The van der Waals surface area contributed by atoms with Gasteiger partial charge in [0.2, 0.25) is 0 Å². The molecule has 2 aliphatic heterocycles. The number of rotatable bonds is 14. The monoisotopic (exact) mass is 458 g/mol. The first-order chi connectivity index (χ1) is 14.5. The molecule has 0 aromatic heterocycles. The van der Waals surface area contributed by atoms with Gasteiger partial charge in [-0.25, -0.2) is 0 Å². The van der Waals surface area contributed by atoms with Crippen molar-refractivity contribution in [3.05, 3.63) is 0 Å². The van der Waals surface area contributed by atoms with Crippen molar-refractivity contribution in [2.45, 2.75) is 64.0 Å². The molecule has 0 atom stereocenters. The molecule has 0 aliphatic carbocycles. The van der Waals surface area contributed by atoms with Gasteiger partial charge in [-0.1, -0.05) is 31.7 Å². The molecule has 0 N–H and O–H groups in total. The largest absolute Gasteiger partial charge is 0.395 e. The number of piperazine rings is 2. The van der Waals surface area contributed by atoms with E-state index >= 15 is 0 Å². The van der Waals surface area contributed by atoms with Crippen LogP contribution in [0.5, 0.6) is 0 Å². The third kappa shape index (κ3) is 9.36. The van der Waals surface area contributed by atoms with Crippen LogP contribution < -0.4 is 0 Å². The van der Waals surface area contributed by atoms with Crippen molar-refractivity contribution < 1.29 is 8.85 Å². The summed E-state index contributed by atoms with van der Waals surface area (Å²) in [6.07, 6.45) is 5.41. The summed E-state index contributed by atoms with van der Waals surface area (Å²) in [5.74, 6) is 0.791. The van der Waals surface area contributed by atoms with Crippen LogP contribution in [0.3, 0.4) is 0 Å². The van der Waals surface area contributed by atoms with Crippen LogP contribution in [-0.2, 0) is 8.85 Å². The summed E-state index contributed by atoms with van der Waals surface area (Å²) in [5.41, 5.74) is 0. The maximum absolute atomic E-state index is 5.98. The Morgan fingerprint density at radius 1 is 0.733 bits per heavy atom. The average Bonchev–Trinajstić information content (AvgIpc) is 2.72. The van der Waals surface area contributed by atoms with Gasteiger partial charge in [0.1, 0.15) is 0 Å². The molecule has 2 heterocycles. The quantitative estimate of drug-likeness (QED) is 0.293. The van der Waals surface area contributed by atoms with Crippen LogP contribution in [0.15, 0.2) is 0 Å². The van der Waals surface area contributed by atoms with E-state index in [1.807, 2.05) is 0 Å². The van der Waals surface area contributed by atoms with Crippen LogP contribution >= 0.6 is 0 Å². The van der Waals surface area contributed by atoms with Crippen molar-refractivity contribution in [1.82, 2.24) is 19.6 Å². The van der Waals surface area contributed by atoms with E-state index < -0.39 is 8.56 Å². The van der Waals surface area contributed by atoms with Gasteiger partial charge in [0.05, 0.1) is 9.52 Å². The molecule has 2 rings (SSSR count). The topological polar surface area (TPSA) is 31.4 Å². The number of hydrogen-bond donors (Lipinski definition) is 0. The van der Waals surface area contributed by atoms with Crippen LogP contribution in [-0.4, -0.2) is 123 Å². The van der Waals surface area contributed by atoms with E-state index in [2.05, 4.69) is 54.1 Å². The van der Waals surface area contributed by atoms with Crippen molar-refractivity contribution >= 4 is 18.1 Å². The highest BCUT2D eigenvalue weighted by Gasteiger charge is 2.30. The molecule has 0 aromatic carbocycles. The van der Waals surface area contributed by atoms with Gasteiger partial charge < -0.3 is 18.7 Å². The Bertz CT molecular complexity index is 417. The lowest BCUT2D eigenvalue weighted by Crippen LogP contribution is -2.61. The lowest BCUT2D eigenvalue weighted by Gasteiger charge is -2.46. The molecule has 8 heteroatoms. The summed E-state index contributed by atoms with van der Waals surface area (Å²) >= 11 is 0. The molecular formula is C22H50N4O2Si2. The third-order valence-electron chi connectivity index (χ3n) is 6.91. The summed E-state index contributed by atoms with van der Waals surface area (Å²) in [5, 5.41) is 0. The molecule has 30 heavy (non-hydrogen) atoms. The molecule has 2 aliphatic rings. The zero-order valence-corrected chi connectivity index (χ0v) is 23.1. The number of likely N-dealkylation sites (N-methyl/N-ethyl adjacent to an activating group) is 2. The Balaban J connectivity index is 1.69. The van der Waals surface area contributed by atoms with Gasteiger partial charge in [0.15, 0.2) is 0 Å². The highest BCUT2D eigenvalue weighted by atomic mass is 28.4. The van der Waals surface area contributed by atoms with E-state index in [1.54, 1.807) is 0 Å². The summed E-state index contributed by atoms with van der Waals surface area (Å²) in [7, 11) is 2.53. The van der Waals surface area contributed by atoms with E-state index in [0.717, 1.165) is 25.0 Å². The molecule has 0 radical (unpaired) electrons. The Hall–Kier alpha value is 0.194. The van der Waals surface area contributed by atoms with Crippen molar-refractivity contribution in [3.63, 3.8) is 0 Å². The second kappa shape index (κ2) is 14.4. The maximum atomic E-state index is 5.98. The van der Waals surface area contributed by atoms with E-state index in [9.17, 15) is 0 Å². The summed E-state index contributed by atoms with van der Waals surface area (Å²) in [6.45, 7) is 18.0. The van der Waals surface area contributed by atoms with Gasteiger partial charge in [-0.05, 0) is 40.5 Å². The first kappa shape index (κ1) is 26.4. The summed E-state index contributed by atoms with van der Waals surface area (Å²) < 4.78 is 12.0. The third-order valence-corrected chi connectivity index (χ3v) is 12.4. The molecule has 178 valence electrons. The molecule has 2 saturated heterocycles. The van der Waals surface area contributed by atoms with E-state index in [1.165, 1.54) is 84.1 Å².